The molecule has 1 aromatic rings. The molecule has 3 N–H and O–H groups in total. The molecule has 0 aliphatic heterocycles. The Bertz CT molecular complexity index is 234. The van der Waals surface area contributed by atoms with Crippen LogP contribution < -0.4 is 5.73 Å². The summed E-state index contributed by atoms with van der Waals surface area (Å²) in [6, 6.07) is 3.04. The number of halogens is 1. The highest BCUT2D eigenvalue weighted by Gasteiger charge is 2.15. The van der Waals surface area contributed by atoms with Crippen LogP contribution in [0.15, 0.2) is 21.2 Å². The van der Waals surface area contributed by atoms with Crippen molar-refractivity contribution in [1.82, 2.24) is 0 Å². The molecule has 1 heterocycles. The summed E-state index contributed by atoms with van der Waals surface area (Å²) in [6.07, 6.45) is -0.590. The van der Waals surface area contributed by atoms with E-state index >= 15 is 0 Å². The predicted octanol–water partition coefficient (Wildman–Crippen LogP) is 1.42. The lowest BCUT2D eigenvalue weighted by Gasteiger charge is -2.10. The van der Waals surface area contributed by atoms with E-state index in [1.54, 1.807) is 19.1 Å². The van der Waals surface area contributed by atoms with Crippen LogP contribution in [0.2, 0.25) is 0 Å². The van der Waals surface area contributed by atoms with Gasteiger partial charge >= 0.3 is 0 Å². The van der Waals surface area contributed by atoms with Crippen molar-refractivity contribution >= 4 is 15.9 Å². The zero-order valence-corrected chi connectivity index (χ0v) is 7.71. The second-order valence-corrected chi connectivity index (χ2v) is 3.19. The molecule has 0 aliphatic rings. The Labute approximate surface area is 73.3 Å². The Balaban J connectivity index is 2.76. The van der Waals surface area contributed by atoms with E-state index in [2.05, 4.69) is 15.9 Å². The summed E-state index contributed by atoms with van der Waals surface area (Å²) in [6.45, 7) is 1.63. The van der Waals surface area contributed by atoms with E-state index < -0.39 is 12.1 Å². The maximum absolute atomic E-state index is 9.08. The topological polar surface area (TPSA) is 59.4 Å². The molecule has 0 fully saturated rings. The SMILES string of the molecule is CC(O)[C@H](N)c1ccc(Br)o1. The second-order valence-electron chi connectivity index (χ2n) is 2.41. The fourth-order valence-electron chi connectivity index (χ4n) is 0.745. The van der Waals surface area contributed by atoms with Gasteiger partial charge in [-0.25, -0.2) is 0 Å². The number of nitrogens with two attached hydrogens (primary N) is 1. The molecular formula is C7H10BrNO2. The summed E-state index contributed by atoms with van der Waals surface area (Å²) in [5.74, 6) is 0.590. The normalized spacial score (nSPS) is 16.4. The van der Waals surface area contributed by atoms with Crippen LogP contribution in [0.4, 0.5) is 0 Å². The Kier molecular flexibility index (Phi) is 2.70. The quantitative estimate of drug-likeness (QED) is 0.792. The van der Waals surface area contributed by atoms with Crippen molar-refractivity contribution in [2.45, 2.75) is 19.1 Å². The van der Waals surface area contributed by atoms with Crippen LogP contribution in [0.3, 0.4) is 0 Å². The maximum Gasteiger partial charge on any atom is 0.169 e. The largest absolute Gasteiger partial charge is 0.453 e. The average molecular weight is 220 g/mol. The van der Waals surface area contributed by atoms with Gasteiger partial charge in [0, 0.05) is 0 Å². The highest BCUT2D eigenvalue weighted by molar-refractivity contribution is 9.10. The fourth-order valence-corrected chi connectivity index (χ4v) is 1.06. The van der Waals surface area contributed by atoms with Crippen molar-refractivity contribution in [3.63, 3.8) is 0 Å². The van der Waals surface area contributed by atoms with Gasteiger partial charge in [-0.2, -0.15) is 0 Å². The van der Waals surface area contributed by atoms with Gasteiger partial charge in [0.05, 0.1) is 12.1 Å². The molecule has 1 aromatic heterocycles. The lowest BCUT2D eigenvalue weighted by atomic mass is 10.1. The van der Waals surface area contributed by atoms with E-state index in [1.807, 2.05) is 0 Å². The third-order valence-electron chi connectivity index (χ3n) is 1.44. The van der Waals surface area contributed by atoms with Crippen LogP contribution in [0.5, 0.6) is 0 Å². The highest BCUT2D eigenvalue weighted by atomic mass is 79.9. The van der Waals surface area contributed by atoms with Gasteiger partial charge in [-0.05, 0) is 35.0 Å². The summed E-state index contributed by atoms with van der Waals surface area (Å²) in [4.78, 5) is 0. The smallest absolute Gasteiger partial charge is 0.169 e. The van der Waals surface area contributed by atoms with Crippen LogP contribution in [-0.2, 0) is 0 Å². The molecular weight excluding hydrogens is 210 g/mol. The lowest BCUT2D eigenvalue weighted by Crippen LogP contribution is -2.22. The van der Waals surface area contributed by atoms with Gasteiger partial charge in [-0.15, -0.1) is 0 Å². The molecule has 11 heavy (non-hydrogen) atoms. The molecule has 0 saturated carbocycles. The Morgan fingerprint density at radius 2 is 2.27 bits per heavy atom. The van der Waals surface area contributed by atoms with Crippen LogP contribution in [0.1, 0.15) is 18.7 Å². The van der Waals surface area contributed by atoms with Gasteiger partial charge in [0.15, 0.2) is 4.67 Å². The van der Waals surface area contributed by atoms with Gasteiger partial charge in [0.25, 0.3) is 0 Å². The Morgan fingerprint density at radius 3 is 2.64 bits per heavy atom. The highest BCUT2D eigenvalue weighted by Crippen LogP contribution is 2.20. The Hall–Kier alpha value is -0.320. The van der Waals surface area contributed by atoms with Crippen molar-refractivity contribution in [3.8, 4) is 0 Å². The van der Waals surface area contributed by atoms with Gasteiger partial charge in [-0.1, -0.05) is 0 Å². The molecule has 1 rings (SSSR count). The van der Waals surface area contributed by atoms with E-state index in [0.717, 1.165) is 0 Å². The third kappa shape index (κ3) is 2.05. The molecule has 0 aliphatic carbocycles. The summed E-state index contributed by atoms with van der Waals surface area (Å²) >= 11 is 3.15. The summed E-state index contributed by atoms with van der Waals surface area (Å²) in [7, 11) is 0. The third-order valence-corrected chi connectivity index (χ3v) is 1.87. The van der Waals surface area contributed by atoms with Crippen molar-refractivity contribution in [2.75, 3.05) is 0 Å². The molecule has 1 unspecified atom stereocenters. The Morgan fingerprint density at radius 1 is 1.64 bits per heavy atom. The van der Waals surface area contributed by atoms with Crippen molar-refractivity contribution < 1.29 is 9.52 Å². The number of hydrogen-bond donors (Lipinski definition) is 2. The molecule has 0 radical (unpaired) electrons. The molecule has 0 spiro atoms. The molecule has 0 saturated heterocycles. The minimum absolute atomic E-state index is 0.443. The van der Waals surface area contributed by atoms with E-state index in [9.17, 15) is 0 Å². The molecule has 4 heteroatoms. The molecule has 3 nitrogen and oxygen atoms in total. The van der Waals surface area contributed by atoms with Crippen LogP contribution in [0.25, 0.3) is 0 Å². The van der Waals surface area contributed by atoms with Crippen molar-refractivity contribution in [2.24, 2.45) is 5.73 Å². The second kappa shape index (κ2) is 3.38. The molecule has 0 aromatic carbocycles. The maximum atomic E-state index is 9.08. The monoisotopic (exact) mass is 219 g/mol. The first-order valence-electron chi connectivity index (χ1n) is 3.30. The van der Waals surface area contributed by atoms with Crippen molar-refractivity contribution in [3.05, 3.63) is 22.6 Å². The zero-order chi connectivity index (χ0) is 8.43. The predicted molar refractivity (Wildman–Crippen MR) is 45.0 cm³/mol. The van der Waals surface area contributed by atoms with Gasteiger partial charge in [-0.3, -0.25) is 0 Å². The average Bonchev–Trinajstić information content (AvgIpc) is 2.34. The van der Waals surface area contributed by atoms with Gasteiger partial charge in [0.1, 0.15) is 5.76 Å². The zero-order valence-electron chi connectivity index (χ0n) is 6.12. The number of hydrogen-bond acceptors (Lipinski definition) is 3. The molecule has 0 amide bonds. The van der Waals surface area contributed by atoms with Gasteiger partial charge < -0.3 is 15.3 Å². The van der Waals surface area contributed by atoms with E-state index in [4.69, 9.17) is 15.3 Å². The van der Waals surface area contributed by atoms with Gasteiger partial charge in [0.2, 0.25) is 0 Å². The lowest BCUT2D eigenvalue weighted by molar-refractivity contribution is 0.153. The van der Waals surface area contributed by atoms with Crippen LogP contribution >= 0.6 is 15.9 Å². The van der Waals surface area contributed by atoms with Crippen LogP contribution in [0, 0.1) is 0 Å². The first-order valence-corrected chi connectivity index (χ1v) is 4.09. The summed E-state index contributed by atoms with van der Waals surface area (Å²) < 4.78 is 5.77. The first-order chi connectivity index (χ1) is 5.11. The first kappa shape index (κ1) is 8.77. The standard InChI is InChI=1S/C7H10BrNO2/c1-4(10)7(9)5-2-3-6(8)11-5/h2-4,7,10H,9H2,1H3/t4?,7-/m0/s1. The number of furan rings is 1. The minimum atomic E-state index is -0.590. The fraction of sp³-hybridized carbons (Fsp3) is 0.429. The van der Waals surface area contributed by atoms with Crippen LogP contribution in [-0.4, -0.2) is 11.2 Å². The van der Waals surface area contributed by atoms with E-state index in [0.29, 0.717) is 10.4 Å². The number of aliphatic hydroxyl groups excluding tert-OH is 1. The van der Waals surface area contributed by atoms with E-state index in [1.165, 1.54) is 0 Å². The van der Waals surface area contributed by atoms with E-state index in [-0.39, 0.29) is 0 Å². The van der Waals surface area contributed by atoms with Crippen molar-refractivity contribution in [1.29, 1.82) is 0 Å². The minimum Gasteiger partial charge on any atom is -0.453 e. The summed E-state index contributed by atoms with van der Waals surface area (Å²) in [5, 5.41) is 9.08. The molecule has 2 atom stereocenters. The summed E-state index contributed by atoms with van der Waals surface area (Å²) in [5.41, 5.74) is 5.59. The molecule has 62 valence electrons. The number of rotatable bonds is 2. The number of aliphatic hydroxyl groups is 1. The molecule has 0 bridgehead atoms.